The van der Waals surface area contributed by atoms with Crippen LogP contribution in [-0.2, 0) is 4.74 Å². The van der Waals surface area contributed by atoms with E-state index >= 15 is 0 Å². The van der Waals surface area contributed by atoms with Crippen LogP contribution >= 0.6 is 0 Å². The van der Waals surface area contributed by atoms with Crippen molar-refractivity contribution in [1.82, 2.24) is 4.90 Å². The lowest BCUT2D eigenvalue weighted by Gasteiger charge is -2.35. The summed E-state index contributed by atoms with van der Waals surface area (Å²) in [6.07, 6.45) is 8.39. The second-order valence-electron chi connectivity index (χ2n) is 5.23. The summed E-state index contributed by atoms with van der Waals surface area (Å²) < 4.78 is 5.80. The first-order valence-corrected chi connectivity index (χ1v) is 6.32. The monoisotopic (exact) mass is 208 g/mol. The number of rotatable bonds is 1. The van der Waals surface area contributed by atoms with Gasteiger partial charge in [-0.3, -0.25) is 5.41 Å². The lowest BCUT2D eigenvalue weighted by molar-refractivity contribution is -0.0173. The Morgan fingerprint density at radius 2 is 1.60 bits per heavy atom. The van der Waals surface area contributed by atoms with Gasteiger partial charge in [0, 0.05) is 19.0 Å². The van der Waals surface area contributed by atoms with E-state index in [1.165, 1.54) is 38.5 Å². The van der Waals surface area contributed by atoms with Gasteiger partial charge in [-0.15, -0.1) is 0 Å². The summed E-state index contributed by atoms with van der Waals surface area (Å²) in [6.45, 7) is 1.96. The zero-order valence-corrected chi connectivity index (χ0v) is 9.24. The molecular formula is C12H20N2O. The number of hydrogen-bond donors (Lipinski definition) is 1. The van der Waals surface area contributed by atoms with E-state index in [0.717, 1.165) is 18.9 Å². The Kier molecular flexibility index (Phi) is 2.43. The molecule has 3 aliphatic rings. The highest BCUT2D eigenvalue weighted by Gasteiger charge is 2.36. The predicted molar refractivity (Wildman–Crippen MR) is 59.2 cm³/mol. The van der Waals surface area contributed by atoms with Crippen molar-refractivity contribution >= 4 is 5.84 Å². The molecule has 1 aliphatic carbocycles. The van der Waals surface area contributed by atoms with E-state index in [2.05, 4.69) is 4.90 Å². The maximum absolute atomic E-state index is 8.26. The Labute approximate surface area is 91.3 Å². The van der Waals surface area contributed by atoms with Crippen molar-refractivity contribution in [2.45, 2.75) is 50.7 Å². The summed E-state index contributed by atoms with van der Waals surface area (Å²) in [7, 11) is 0. The molecule has 2 heterocycles. The number of ether oxygens (including phenoxy) is 1. The van der Waals surface area contributed by atoms with Gasteiger partial charge in [0.1, 0.15) is 0 Å². The standard InChI is InChI=1S/C12H20N2O/c13-12(9-3-1-2-4-9)14-7-10-5-6-11(8-14)15-10/h9-11,13H,1-8H2. The molecule has 2 aliphatic heterocycles. The molecule has 0 radical (unpaired) electrons. The summed E-state index contributed by atoms with van der Waals surface area (Å²) in [4.78, 5) is 2.29. The predicted octanol–water partition coefficient (Wildman–Crippen LogP) is 2.02. The highest BCUT2D eigenvalue weighted by Crippen LogP contribution is 2.31. The summed E-state index contributed by atoms with van der Waals surface area (Å²) in [5, 5.41) is 8.26. The van der Waals surface area contributed by atoms with Gasteiger partial charge in [0.05, 0.1) is 18.0 Å². The van der Waals surface area contributed by atoms with Crippen LogP contribution < -0.4 is 0 Å². The number of morpholine rings is 1. The van der Waals surface area contributed by atoms with Crippen LogP contribution in [0.3, 0.4) is 0 Å². The Balaban J connectivity index is 1.64. The molecule has 0 amide bonds. The Morgan fingerprint density at radius 1 is 1.00 bits per heavy atom. The molecule has 84 valence electrons. The van der Waals surface area contributed by atoms with Crippen molar-refractivity contribution in [3.05, 3.63) is 0 Å². The lowest BCUT2D eigenvalue weighted by Crippen LogP contribution is -2.47. The first kappa shape index (κ1) is 9.64. The first-order chi connectivity index (χ1) is 7.33. The van der Waals surface area contributed by atoms with Crippen LogP contribution in [0.2, 0.25) is 0 Å². The second kappa shape index (κ2) is 3.78. The quantitative estimate of drug-likeness (QED) is 0.528. The molecule has 0 aromatic heterocycles. The average Bonchev–Trinajstić information content (AvgIpc) is 2.87. The van der Waals surface area contributed by atoms with Gasteiger partial charge in [-0.2, -0.15) is 0 Å². The van der Waals surface area contributed by atoms with Crippen molar-refractivity contribution in [3.63, 3.8) is 0 Å². The number of hydrogen-bond acceptors (Lipinski definition) is 2. The normalized spacial score (nSPS) is 36.1. The number of likely N-dealkylation sites (tertiary alicyclic amines) is 1. The van der Waals surface area contributed by atoms with Crippen LogP contribution in [0.15, 0.2) is 0 Å². The minimum Gasteiger partial charge on any atom is -0.371 e. The van der Waals surface area contributed by atoms with Gasteiger partial charge in [0.2, 0.25) is 0 Å². The molecule has 15 heavy (non-hydrogen) atoms. The smallest absolute Gasteiger partial charge is 0.0991 e. The maximum Gasteiger partial charge on any atom is 0.0991 e. The van der Waals surface area contributed by atoms with Gasteiger partial charge in [-0.25, -0.2) is 0 Å². The third kappa shape index (κ3) is 1.78. The third-order valence-electron chi connectivity index (χ3n) is 4.13. The largest absolute Gasteiger partial charge is 0.371 e. The summed E-state index contributed by atoms with van der Waals surface area (Å²) >= 11 is 0. The highest BCUT2D eigenvalue weighted by molar-refractivity contribution is 5.82. The molecule has 2 bridgehead atoms. The molecule has 0 spiro atoms. The highest BCUT2D eigenvalue weighted by atomic mass is 16.5. The van der Waals surface area contributed by atoms with Crippen molar-refractivity contribution in [2.75, 3.05) is 13.1 Å². The summed E-state index contributed by atoms with van der Waals surface area (Å²) in [5.41, 5.74) is 0. The van der Waals surface area contributed by atoms with E-state index in [1.54, 1.807) is 0 Å². The van der Waals surface area contributed by atoms with E-state index in [9.17, 15) is 0 Å². The number of amidine groups is 1. The maximum atomic E-state index is 8.26. The SMILES string of the molecule is N=C(C1CCCC1)N1CC2CCC(C1)O2. The van der Waals surface area contributed by atoms with Crippen molar-refractivity contribution in [1.29, 1.82) is 5.41 Å². The molecule has 2 atom stereocenters. The minimum atomic E-state index is 0.422. The number of nitrogens with one attached hydrogen (secondary N) is 1. The molecule has 0 aromatic rings. The molecule has 2 saturated heterocycles. The average molecular weight is 208 g/mol. The van der Waals surface area contributed by atoms with E-state index in [1.807, 2.05) is 0 Å². The van der Waals surface area contributed by atoms with Gasteiger partial charge in [-0.05, 0) is 25.7 Å². The van der Waals surface area contributed by atoms with E-state index in [-0.39, 0.29) is 0 Å². The van der Waals surface area contributed by atoms with E-state index < -0.39 is 0 Å². The van der Waals surface area contributed by atoms with Crippen molar-refractivity contribution in [3.8, 4) is 0 Å². The molecule has 2 unspecified atom stereocenters. The fourth-order valence-electron chi connectivity index (χ4n) is 3.27. The molecule has 3 heteroatoms. The summed E-state index contributed by atoms with van der Waals surface area (Å²) in [5.74, 6) is 1.47. The second-order valence-corrected chi connectivity index (χ2v) is 5.23. The van der Waals surface area contributed by atoms with Crippen LogP contribution in [0, 0.1) is 11.3 Å². The molecule has 3 rings (SSSR count). The first-order valence-electron chi connectivity index (χ1n) is 6.32. The Morgan fingerprint density at radius 3 is 2.20 bits per heavy atom. The molecular weight excluding hydrogens is 188 g/mol. The fraction of sp³-hybridized carbons (Fsp3) is 0.917. The van der Waals surface area contributed by atoms with Crippen LogP contribution in [0.4, 0.5) is 0 Å². The molecule has 3 fully saturated rings. The van der Waals surface area contributed by atoms with Crippen LogP contribution in [0.25, 0.3) is 0 Å². The zero-order chi connectivity index (χ0) is 10.3. The number of nitrogens with zero attached hydrogens (tertiary/aromatic N) is 1. The van der Waals surface area contributed by atoms with Gasteiger partial charge >= 0.3 is 0 Å². The van der Waals surface area contributed by atoms with Gasteiger partial charge in [0.15, 0.2) is 0 Å². The van der Waals surface area contributed by atoms with Gasteiger partial charge in [0.25, 0.3) is 0 Å². The Hall–Kier alpha value is -0.570. The fourth-order valence-corrected chi connectivity index (χ4v) is 3.27. The van der Waals surface area contributed by atoms with Gasteiger partial charge < -0.3 is 9.64 Å². The lowest BCUT2D eigenvalue weighted by atomic mass is 10.1. The van der Waals surface area contributed by atoms with E-state index in [0.29, 0.717) is 18.1 Å². The van der Waals surface area contributed by atoms with Crippen molar-refractivity contribution < 1.29 is 4.74 Å². The van der Waals surface area contributed by atoms with Crippen molar-refractivity contribution in [2.24, 2.45) is 5.92 Å². The van der Waals surface area contributed by atoms with Crippen LogP contribution in [0.1, 0.15) is 38.5 Å². The van der Waals surface area contributed by atoms with Crippen LogP contribution in [-0.4, -0.2) is 36.0 Å². The van der Waals surface area contributed by atoms with E-state index in [4.69, 9.17) is 10.1 Å². The topological polar surface area (TPSA) is 36.3 Å². The molecule has 1 N–H and O–H groups in total. The Bertz CT molecular complexity index is 248. The molecule has 1 saturated carbocycles. The van der Waals surface area contributed by atoms with Crippen LogP contribution in [0.5, 0.6) is 0 Å². The summed E-state index contributed by atoms with van der Waals surface area (Å²) in [6, 6.07) is 0. The van der Waals surface area contributed by atoms with Gasteiger partial charge in [-0.1, -0.05) is 12.8 Å². The molecule has 3 nitrogen and oxygen atoms in total. The third-order valence-corrected chi connectivity index (χ3v) is 4.13. The number of fused-ring (bicyclic) bond motifs is 2. The minimum absolute atomic E-state index is 0.422. The molecule has 0 aromatic carbocycles. The zero-order valence-electron chi connectivity index (χ0n) is 9.24.